The monoisotopic (exact) mass is 523 g/mol. The van der Waals surface area contributed by atoms with Gasteiger partial charge in [0.15, 0.2) is 0 Å². The summed E-state index contributed by atoms with van der Waals surface area (Å²) < 4.78 is 10.0. The van der Waals surface area contributed by atoms with Crippen LogP contribution in [0.1, 0.15) is 135 Å². The van der Waals surface area contributed by atoms with Gasteiger partial charge in [-0.05, 0) is 38.5 Å². The van der Waals surface area contributed by atoms with Gasteiger partial charge in [-0.15, -0.1) is 0 Å². The molecule has 0 bridgehead atoms. The van der Waals surface area contributed by atoms with E-state index in [1.807, 2.05) is 0 Å². The largest absolute Gasteiger partial charge is 0.463 e. The molecule has 1 unspecified atom stereocenters. The molecule has 7 heteroatoms. The van der Waals surface area contributed by atoms with E-state index in [9.17, 15) is 19.5 Å². The molecule has 2 N–H and O–H groups in total. The highest BCUT2D eigenvalue weighted by Crippen LogP contribution is 2.12. The van der Waals surface area contributed by atoms with Crippen LogP contribution in [0, 0.1) is 0 Å². The summed E-state index contributed by atoms with van der Waals surface area (Å²) in [7, 11) is 0. The number of aliphatic hydroxyl groups is 1. The average molecular weight is 524 g/mol. The first-order valence-electron chi connectivity index (χ1n) is 15.0. The van der Waals surface area contributed by atoms with E-state index in [-0.39, 0.29) is 25.1 Å². The van der Waals surface area contributed by atoms with Crippen molar-refractivity contribution in [1.82, 2.24) is 5.32 Å². The summed E-state index contributed by atoms with van der Waals surface area (Å²) in [5.74, 6) is -1.09. The second kappa shape index (κ2) is 23.2. The molecule has 0 radical (unpaired) electrons. The minimum absolute atomic E-state index is 0.177. The summed E-state index contributed by atoms with van der Waals surface area (Å²) in [6, 6.07) is -0.645. The van der Waals surface area contributed by atoms with Crippen molar-refractivity contribution < 1.29 is 29.0 Å². The fourth-order valence-electron chi connectivity index (χ4n) is 4.43. The molecule has 1 amide bonds. The third kappa shape index (κ3) is 19.8. The summed E-state index contributed by atoms with van der Waals surface area (Å²) in [5, 5.41) is 12.3. The average Bonchev–Trinajstić information content (AvgIpc) is 3.33. The van der Waals surface area contributed by atoms with Crippen molar-refractivity contribution in [1.29, 1.82) is 0 Å². The maximum Gasteiger partial charge on any atom is 0.328 e. The number of nitrogens with one attached hydrogen (secondary N) is 1. The Labute approximate surface area is 225 Å². The Morgan fingerprint density at radius 1 is 0.838 bits per heavy atom. The second-order valence-corrected chi connectivity index (χ2v) is 10.4. The van der Waals surface area contributed by atoms with E-state index in [4.69, 9.17) is 9.47 Å². The van der Waals surface area contributed by atoms with E-state index in [1.54, 1.807) is 0 Å². The van der Waals surface area contributed by atoms with E-state index in [0.29, 0.717) is 19.3 Å². The van der Waals surface area contributed by atoms with E-state index in [1.165, 1.54) is 89.9 Å². The van der Waals surface area contributed by atoms with Crippen LogP contribution in [0.2, 0.25) is 0 Å². The Morgan fingerprint density at radius 3 is 1.89 bits per heavy atom. The molecule has 0 aromatic rings. The molecular formula is C30H53NO6. The van der Waals surface area contributed by atoms with Crippen LogP contribution in [0.3, 0.4) is 0 Å². The number of ether oxygens (including phenoxy) is 2. The molecule has 1 saturated heterocycles. The molecule has 1 heterocycles. The Hall–Kier alpha value is -1.89. The minimum Gasteiger partial charge on any atom is -0.463 e. The summed E-state index contributed by atoms with van der Waals surface area (Å²) in [5.41, 5.74) is 0. The summed E-state index contributed by atoms with van der Waals surface area (Å²) >= 11 is 0. The number of esters is 2. The van der Waals surface area contributed by atoms with Gasteiger partial charge in [0, 0.05) is 12.8 Å². The fraction of sp³-hybridized carbons (Fsp3) is 0.833. The van der Waals surface area contributed by atoms with Crippen LogP contribution in [-0.4, -0.2) is 48.3 Å². The lowest BCUT2D eigenvalue weighted by atomic mass is 10.1. The van der Waals surface area contributed by atoms with Crippen LogP contribution in [0.5, 0.6) is 0 Å². The van der Waals surface area contributed by atoms with Crippen LogP contribution in [0.15, 0.2) is 12.2 Å². The van der Waals surface area contributed by atoms with Gasteiger partial charge < -0.3 is 19.9 Å². The number of carbonyl (C=O) groups excluding carboxylic acids is 3. The van der Waals surface area contributed by atoms with Gasteiger partial charge in [0.05, 0.1) is 0 Å². The maximum absolute atomic E-state index is 11.8. The van der Waals surface area contributed by atoms with Crippen molar-refractivity contribution in [3.05, 3.63) is 12.2 Å². The van der Waals surface area contributed by atoms with Crippen molar-refractivity contribution >= 4 is 17.8 Å². The molecule has 1 fully saturated rings. The lowest BCUT2D eigenvalue weighted by Gasteiger charge is -2.14. The van der Waals surface area contributed by atoms with Crippen molar-refractivity contribution in [3.8, 4) is 0 Å². The Morgan fingerprint density at radius 2 is 1.35 bits per heavy atom. The molecule has 0 saturated carbocycles. The van der Waals surface area contributed by atoms with E-state index in [2.05, 4.69) is 24.4 Å². The van der Waals surface area contributed by atoms with Crippen LogP contribution in [-0.2, 0) is 23.9 Å². The number of unbranched alkanes of at least 4 members (excludes halogenated alkanes) is 15. The van der Waals surface area contributed by atoms with Crippen molar-refractivity contribution in [2.75, 3.05) is 13.2 Å². The predicted molar refractivity (Wildman–Crippen MR) is 147 cm³/mol. The summed E-state index contributed by atoms with van der Waals surface area (Å²) in [6.45, 7) is 1.81. The van der Waals surface area contributed by atoms with Gasteiger partial charge in [-0.25, -0.2) is 4.79 Å². The minimum atomic E-state index is -1.06. The molecule has 0 spiro atoms. The zero-order valence-electron chi connectivity index (χ0n) is 23.4. The number of rotatable bonds is 24. The molecular weight excluding hydrogens is 470 g/mol. The Balaban J connectivity index is 1.82. The fourth-order valence-corrected chi connectivity index (χ4v) is 4.43. The van der Waals surface area contributed by atoms with E-state index >= 15 is 0 Å². The Kier molecular flexibility index (Phi) is 20.8. The first kappa shape index (κ1) is 33.1. The molecule has 1 aliphatic heterocycles. The van der Waals surface area contributed by atoms with Gasteiger partial charge in [-0.3, -0.25) is 9.59 Å². The Bertz CT molecular complexity index is 636. The molecule has 0 aromatic carbocycles. The third-order valence-corrected chi connectivity index (χ3v) is 6.78. The number of hydrogen-bond donors (Lipinski definition) is 2. The number of allylic oxidation sites excluding steroid dienone is 2. The van der Waals surface area contributed by atoms with Gasteiger partial charge in [0.1, 0.15) is 25.4 Å². The van der Waals surface area contributed by atoms with Crippen LogP contribution >= 0.6 is 0 Å². The highest BCUT2D eigenvalue weighted by Gasteiger charge is 2.28. The third-order valence-electron chi connectivity index (χ3n) is 6.78. The molecule has 0 aliphatic carbocycles. The van der Waals surface area contributed by atoms with Crippen LogP contribution < -0.4 is 5.32 Å². The zero-order valence-corrected chi connectivity index (χ0v) is 23.4. The number of amides is 1. The molecule has 37 heavy (non-hydrogen) atoms. The van der Waals surface area contributed by atoms with Crippen LogP contribution in [0.4, 0.5) is 0 Å². The maximum atomic E-state index is 11.8. The van der Waals surface area contributed by atoms with Gasteiger partial charge in [0.2, 0.25) is 5.91 Å². The first-order valence-corrected chi connectivity index (χ1v) is 15.0. The molecule has 214 valence electrons. The topological polar surface area (TPSA) is 102 Å². The highest BCUT2D eigenvalue weighted by atomic mass is 16.6. The lowest BCUT2D eigenvalue weighted by molar-refractivity contribution is -0.154. The molecule has 2 atom stereocenters. The normalized spacial score (nSPS) is 16.2. The number of carbonyl (C=O) groups is 3. The standard InChI is InChI=1S/C30H53NO6/c1-2-3-4-5-6-7-8-9-10-11-12-13-14-15-16-17-18-19-20-21-29(34)36-24-26(32)25-37-30(35)27-22-23-28(33)31-27/h11-12,26-27,32H,2-10,13-25H2,1H3,(H,31,33)/t26?,27-/m0/s1. The van der Waals surface area contributed by atoms with E-state index in [0.717, 1.165) is 19.3 Å². The molecule has 0 aromatic heterocycles. The summed E-state index contributed by atoms with van der Waals surface area (Å²) in [6.07, 6.45) is 26.0. The second-order valence-electron chi connectivity index (χ2n) is 10.4. The van der Waals surface area contributed by atoms with Gasteiger partial charge in [0.25, 0.3) is 0 Å². The summed E-state index contributed by atoms with van der Waals surface area (Å²) in [4.78, 5) is 34.7. The number of aliphatic hydroxyl groups excluding tert-OH is 1. The van der Waals surface area contributed by atoms with E-state index < -0.39 is 18.1 Å². The number of hydrogen-bond acceptors (Lipinski definition) is 6. The van der Waals surface area contributed by atoms with Crippen LogP contribution in [0.25, 0.3) is 0 Å². The van der Waals surface area contributed by atoms with Crippen molar-refractivity contribution in [2.45, 2.75) is 147 Å². The molecule has 1 aliphatic rings. The molecule has 1 rings (SSSR count). The first-order chi connectivity index (χ1) is 18.0. The quantitative estimate of drug-likeness (QED) is 0.0873. The smallest absolute Gasteiger partial charge is 0.328 e. The lowest BCUT2D eigenvalue weighted by Crippen LogP contribution is -2.36. The SMILES string of the molecule is CCCCCCCCCCC=CCCCCCCCCCC(=O)OCC(O)COC(=O)[C@@H]1CCC(=O)N1. The van der Waals surface area contributed by atoms with Gasteiger partial charge in [-0.1, -0.05) is 96.1 Å². The molecule has 7 nitrogen and oxygen atoms in total. The van der Waals surface area contributed by atoms with Crippen molar-refractivity contribution in [3.63, 3.8) is 0 Å². The highest BCUT2D eigenvalue weighted by molar-refractivity contribution is 5.88. The predicted octanol–water partition coefficient (Wildman–Crippen LogP) is 6.31. The van der Waals surface area contributed by atoms with Crippen molar-refractivity contribution in [2.24, 2.45) is 0 Å². The van der Waals surface area contributed by atoms with Gasteiger partial charge in [-0.2, -0.15) is 0 Å². The zero-order chi connectivity index (χ0) is 27.0. The van der Waals surface area contributed by atoms with Gasteiger partial charge >= 0.3 is 11.9 Å².